The zero-order chi connectivity index (χ0) is 13.1. The Morgan fingerprint density at radius 3 is 2.89 bits per heavy atom. The smallest absolute Gasteiger partial charge is 0.164 e. The predicted octanol–water partition coefficient (Wildman–Crippen LogP) is 3.89. The van der Waals surface area contributed by atoms with E-state index in [-0.39, 0.29) is 0 Å². The summed E-state index contributed by atoms with van der Waals surface area (Å²) in [5, 5.41) is 10.3. The molecule has 0 bridgehead atoms. The van der Waals surface area contributed by atoms with Crippen LogP contribution in [0.15, 0.2) is 53.1 Å². The maximum atomic E-state index is 5.52. The quantitative estimate of drug-likeness (QED) is 0.690. The molecule has 0 unspecified atom stereocenters. The first kappa shape index (κ1) is 12.3. The largest absolute Gasteiger partial charge is 0.454 e. The highest BCUT2D eigenvalue weighted by Gasteiger charge is 2.02. The summed E-state index contributed by atoms with van der Waals surface area (Å²) < 4.78 is 6.42. The fourth-order valence-electron chi connectivity index (χ4n) is 1.85. The first-order chi connectivity index (χ1) is 9.31. The number of aromatic amines is 1. The first-order valence-electron chi connectivity index (χ1n) is 5.89. The zero-order valence-corrected chi connectivity index (χ0v) is 12.2. The molecular weight excluding hydrogens is 353 g/mol. The van der Waals surface area contributed by atoms with Crippen LogP contribution in [0.5, 0.6) is 0 Å². The molecule has 0 radical (unpaired) electrons. The third kappa shape index (κ3) is 2.98. The van der Waals surface area contributed by atoms with Gasteiger partial charge in [-0.15, -0.1) is 0 Å². The molecule has 3 rings (SSSR count). The minimum Gasteiger partial charge on any atom is -0.454 e. The summed E-state index contributed by atoms with van der Waals surface area (Å²) in [7, 11) is 0. The molecule has 96 valence electrons. The number of aromatic nitrogens is 2. The number of rotatable bonds is 4. The average molecular weight is 365 g/mol. The Balaban J connectivity index is 1.73. The number of nitrogens with one attached hydrogen (secondary N) is 2. The molecule has 0 saturated carbocycles. The molecule has 0 amide bonds. The van der Waals surface area contributed by atoms with Gasteiger partial charge in [0.25, 0.3) is 0 Å². The second-order valence-electron chi connectivity index (χ2n) is 4.11. The summed E-state index contributed by atoms with van der Waals surface area (Å²) in [5.41, 5.74) is 3.17. The van der Waals surface area contributed by atoms with Gasteiger partial charge in [-0.05, 0) is 52.9 Å². The van der Waals surface area contributed by atoms with Gasteiger partial charge in [0.1, 0.15) is 5.76 Å². The van der Waals surface area contributed by atoms with Crippen LogP contribution >= 0.6 is 22.6 Å². The summed E-state index contributed by atoms with van der Waals surface area (Å²) in [6.45, 7) is 0.676. The standard InChI is InChI=1S/C14H12IN3O/c15-14-5-4-12(19-14)9-16-11-3-1-2-10(8-11)13-6-7-17-18-13/h1-8,16H,9H2,(H,17,18). The Morgan fingerprint density at radius 1 is 1.21 bits per heavy atom. The van der Waals surface area contributed by atoms with Crippen molar-refractivity contribution < 1.29 is 4.42 Å². The second kappa shape index (κ2) is 5.48. The van der Waals surface area contributed by atoms with Crippen LogP contribution in [0.25, 0.3) is 11.3 Å². The minimum absolute atomic E-state index is 0.676. The normalized spacial score (nSPS) is 10.6. The molecule has 3 aromatic rings. The molecule has 0 saturated heterocycles. The molecule has 0 aliphatic rings. The van der Waals surface area contributed by atoms with E-state index in [1.807, 2.05) is 30.3 Å². The summed E-state index contributed by atoms with van der Waals surface area (Å²) in [5.74, 6) is 0.927. The maximum absolute atomic E-state index is 5.52. The van der Waals surface area contributed by atoms with E-state index in [0.29, 0.717) is 6.54 Å². The number of furan rings is 1. The summed E-state index contributed by atoms with van der Waals surface area (Å²) in [6, 6.07) is 14.1. The van der Waals surface area contributed by atoms with Crippen LogP contribution in [0.2, 0.25) is 0 Å². The van der Waals surface area contributed by atoms with Crippen molar-refractivity contribution in [2.75, 3.05) is 5.32 Å². The molecule has 2 heterocycles. The maximum Gasteiger partial charge on any atom is 0.164 e. The van der Waals surface area contributed by atoms with Gasteiger partial charge in [0, 0.05) is 17.4 Å². The van der Waals surface area contributed by atoms with Crippen LogP contribution in [0, 0.1) is 3.77 Å². The van der Waals surface area contributed by atoms with Crippen LogP contribution in [0.3, 0.4) is 0 Å². The van der Waals surface area contributed by atoms with E-state index < -0.39 is 0 Å². The van der Waals surface area contributed by atoms with Crippen molar-refractivity contribution in [1.82, 2.24) is 10.2 Å². The fraction of sp³-hybridized carbons (Fsp3) is 0.0714. The molecule has 0 aliphatic carbocycles. The fourth-order valence-corrected chi connectivity index (χ4v) is 2.31. The molecule has 0 fully saturated rings. The van der Waals surface area contributed by atoms with Gasteiger partial charge >= 0.3 is 0 Å². The molecule has 19 heavy (non-hydrogen) atoms. The van der Waals surface area contributed by atoms with E-state index in [1.54, 1.807) is 6.20 Å². The number of nitrogens with zero attached hydrogens (tertiary/aromatic N) is 1. The molecule has 0 aliphatic heterocycles. The summed E-state index contributed by atoms with van der Waals surface area (Å²) >= 11 is 2.16. The van der Waals surface area contributed by atoms with E-state index in [9.17, 15) is 0 Å². The molecule has 4 nitrogen and oxygen atoms in total. The van der Waals surface area contributed by atoms with Gasteiger partial charge in [0.15, 0.2) is 3.77 Å². The molecular formula is C14H12IN3O. The Morgan fingerprint density at radius 2 is 2.16 bits per heavy atom. The third-order valence-corrected chi connectivity index (χ3v) is 3.35. The highest BCUT2D eigenvalue weighted by Crippen LogP contribution is 2.21. The van der Waals surface area contributed by atoms with Gasteiger partial charge in [-0.3, -0.25) is 5.10 Å². The van der Waals surface area contributed by atoms with Crippen LogP contribution in [0.1, 0.15) is 5.76 Å². The minimum atomic E-state index is 0.676. The molecule has 5 heteroatoms. The highest BCUT2D eigenvalue weighted by molar-refractivity contribution is 14.1. The van der Waals surface area contributed by atoms with E-state index in [1.165, 1.54) is 0 Å². The van der Waals surface area contributed by atoms with Crippen molar-refractivity contribution in [2.24, 2.45) is 0 Å². The van der Waals surface area contributed by atoms with Crippen LogP contribution < -0.4 is 5.32 Å². The molecule has 1 aromatic carbocycles. The Kier molecular flexibility index (Phi) is 3.54. The first-order valence-corrected chi connectivity index (χ1v) is 6.97. The Hall–Kier alpha value is -1.76. The Labute approximate surface area is 124 Å². The number of halogens is 1. The number of hydrogen-bond donors (Lipinski definition) is 2. The van der Waals surface area contributed by atoms with Crippen molar-refractivity contribution in [2.45, 2.75) is 6.54 Å². The molecule has 0 atom stereocenters. The van der Waals surface area contributed by atoms with Crippen LogP contribution in [0.4, 0.5) is 5.69 Å². The van der Waals surface area contributed by atoms with Gasteiger partial charge < -0.3 is 9.73 Å². The van der Waals surface area contributed by atoms with Crippen molar-refractivity contribution in [3.05, 3.63) is 58.2 Å². The van der Waals surface area contributed by atoms with Crippen molar-refractivity contribution >= 4 is 28.3 Å². The van der Waals surface area contributed by atoms with Crippen LogP contribution in [-0.2, 0) is 6.54 Å². The van der Waals surface area contributed by atoms with Gasteiger partial charge in [0.05, 0.1) is 12.2 Å². The lowest BCUT2D eigenvalue weighted by atomic mass is 10.1. The Bertz CT molecular complexity index is 661. The number of benzene rings is 1. The monoisotopic (exact) mass is 365 g/mol. The van der Waals surface area contributed by atoms with E-state index in [0.717, 1.165) is 26.5 Å². The lowest BCUT2D eigenvalue weighted by molar-refractivity contribution is 0.493. The lowest BCUT2D eigenvalue weighted by Crippen LogP contribution is -1.98. The topological polar surface area (TPSA) is 53.9 Å². The van der Waals surface area contributed by atoms with Crippen LogP contribution in [-0.4, -0.2) is 10.2 Å². The van der Waals surface area contributed by atoms with E-state index >= 15 is 0 Å². The summed E-state index contributed by atoms with van der Waals surface area (Å²) in [6.07, 6.45) is 1.75. The van der Waals surface area contributed by atoms with Gasteiger partial charge in [-0.2, -0.15) is 5.10 Å². The predicted molar refractivity (Wildman–Crippen MR) is 82.8 cm³/mol. The summed E-state index contributed by atoms with van der Waals surface area (Å²) in [4.78, 5) is 0. The lowest BCUT2D eigenvalue weighted by Gasteiger charge is -2.06. The second-order valence-corrected chi connectivity index (χ2v) is 5.17. The van der Waals surface area contributed by atoms with E-state index in [2.05, 4.69) is 50.2 Å². The number of anilines is 1. The molecule has 2 aromatic heterocycles. The molecule has 0 spiro atoms. The third-order valence-electron chi connectivity index (χ3n) is 2.77. The average Bonchev–Trinajstić information content (AvgIpc) is 3.08. The zero-order valence-electron chi connectivity index (χ0n) is 10.1. The van der Waals surface area contributed by atoms with Gasteiger partial charge in [-0.1, -0.05) is 12.1 Å². The van der Waals surface area contributed by atoms with Crippen molar-refractivity contribution in [3.63, 3.8) is 0 Å². The highest BCUT2D eigenvalue weighted by atomic mass is 127. The number of hydrogen-bond acceptors (Lipinski definition) is 3. The SMILES string of the molecule is Ic1ccc(CNc2cccc(-c3ccn[nH]3)c2)o1. The van der Waals surface area contributed by atoms with Gasteiger partial charge in [-0.25, -0.2) is 0 Å². The number of H-pyrrole nitrogens is 1. The van der Waals surface area contributed by atoms with Gasteiger partial charge in [0.2, 0.25) is 0 Å². The van der Waals surface area contributed by atoms with Crippen molar-refractivity contribution in [3.8, 4) is 11.3 Å². The molecule has 2 N–H and O–H groups in total. The van der Waals surface area contributed by atoms with Crippen molar-refractivity contribution in [1.29, 1.82) is 0 Å². The van der Waals surface area contributed by atoms with E-state index in [4.69, 9.17) is 4.42 Å².